The quantitative estimate of drug-likeness (QED) is 0.756. The van der Waals surface area contributed by atoms with Gasteiger partial charge in [-0.15, -0.1) is 0 Å². The topological polar surface area (TPSA) is 32.5 Å². The van der Waals surface area contributed by atoms with E-state index >= 15 is 0 Å². The first kappa shape index (κ1) is 13.8. The number of hydrogen-bond acceptors (Lipinski definition) is 3. The van der Waals surface area contributed by atoms with Crippen LogP contribution in [0.15, 0.2) is 36.2 Å². The average molecular weight is 235 g/mol. The molecule has 3 nitrogen and oxygen atoms in total. The summed E-state index contributed by atoms with van der Waals surface area (Å²) in [6.07, 6.45) is 6.04. The van der Waals surface area contributed by atoms with E-state index in [1.165, 1.54) is 5.70 Å². The van der Waals surface area contributed by atoms with E-state index in [0.717, 1.165) is 26.2 Å². The molecule has 0 aromatic carbocycles. The molecule has 1 saturated heterocycles. The molecular formula is C14H25N3. The zero-order valence-corrected chi connectivity index (χ0v) is 11.3. The van der Waals surface area contributed by atoms with E-state index in [9.17, 15) is 0 Å². The number of piperazine rings is 1. The van der Waals surface area contributed by atoms with Crippen LogP contribution >= 0.6 is 0 Å². The summed E-state index contributed by atoms with van der Waals surface area (Å²) in [5.41, 5.74) is 7.39. The van der Waals surface area contributed by atoms with Crippen molar-refractivity contribution in [3.63, 3.8) is 0 Å². The first-order valence-corrected chi connectivity index (χ1v) is 6.32. The van der Waals surface area contributed by atoms with Crippen LogP contribution in [-0.4, -0.2) is 42.0 Å². The van der Waals surface area contributed by atoms with Gasteiger partial charge in [0.15, 0.2) is 0 Å². The van der Waals surface area contributed by atoms with Crippen molar-refractivity contribution in [1.29, 1.82) is 0 Å². The summed E-state index contributed by atoms with van der Waals surface area (Å²) >= 11 is 0. The van der Waals surface area contributed by atoms with Crippen molar-refractivity contribution in [3.8, 4) is 0 Å². The highest BCUT2D eigenvalue weighted by atomic mass is 15.3. The number of nitrogens with two attached hydrogens (primary N) is 1. The van der Waals surface area contributed by atoms with Gasteiger partial charge in [-0.25, -0.2) is 0 Å². The van der Waals surface area contributed by atoms with Gasteiger partial charge in [0.1, 0.15) is 0 Å². The minimum Gasteiger partial charge on any atom is -0.399 e. The van der Waals surface area contributed by atoms with E-state index < -0.39 is 0 Å². The number of allylic oxidation sites excluding steroid dienone is 3. The van der Waals surface area contributed by atoms with Gasteiger partial charge in [-0.05, 0) is 32.9 Å². The van der Waals surface area contributed by atoms with Crippen LogP contribution in [0.2, 0.25) is 0 Å². The van der Waals surface area contributed by atoms with Crippen LogP contribution in [0.3, 0.4) is 0 Å². The Kier molecular flexibility index (Phi) is 5.29. The van der Waals surface area contributed by atoms with Crippen molar-refractivity contribution in [2.24, 2.45) is 5.73 Å². The third-order valence-corrected chi connectivity index (χ3v) is 3.17. The summed E-state index contributed by atoms with van der Waals surface area (Å²) in [5, 5.41) is 0. The molecule has 0 aliphatic carbocycles. The average Bonchev–Trinajstić information content (AvgIpc) is 2.30. The second kappa shape index (κ2) is 6.50. The zero-order valence-electron chi connectivity index (χ0n) is 11.3. The standard InChI is InChI=1S/C14H25N3/c1-5-14(7-6-13(4)15)17-10-8-16(9-11-17)12(2)3/h5-7,12H,4,8-11,15H2,1-3H3/b7-6-,14-5+. The van der Waals surface area contributed by atoms with Crippen LogP contribution in [0.25, 0.3) is 0 Å². The van der Waals surface area contributed by atoms with Crippen molar-refractivity contribution in [3.05, 3.63) is 36.2 Å². The second-order valence-electron chi connectivity index (χ2n) is 4.74. The van der Waals surface area contributed by atoms with Crippen molar-refractivity contribution in [1.82, 2.24) is 9.80 Å². The third-order valence-electron chi connectivity index (χ3n) is 3.17. The predicted octanol–water partition coefficient (Wildman–Crippen LogP) is 1.94. The zero-order chi connectivity index (χ0) is 12.8. The van der Waals surface area contributed by atoms with Gasteiger partial charge in [-0.1, -0.05) is 12.7 Å². The largest absolute Gasteiger partial charge is 0.399 e. The van der Waals surface area contributed by atoms with Crippen molar-refractivity contribution in [2.75, 3.05) is 26.2 Å². The highest BCUT2D eigenvalue weighted by molar-refractivity contribution is 5.24. The molecule has 0 spiro atoms. The van der Waals surface area contributed by atoms with Gasteiger partial charge in [-0.3, -0.25) is 4.90 Å². The SMILES string of the molecule is C=C(N)/C=C\C(=C/C)N1CCN(C(C)C)CC1. The van der Waals surface area contributed by atoms with Gasteiger partial charge in [-0.2, -0.15) is 0 Å². The summed E-state index contributed by atoms with van der Waals surface area (Å²) in [6.45, 7) is 14.7. The lowest BCUT2D eigenvalue weighted by atomic mass is 10.2. The molecule has 96 valence electrons. The molecule has 0 aromatic heterocycles. The molecule has 0 bridgehead atoms. The highest BCUT2D eigenvalue weighted by Gasteiger charge is 2.18. The van der Waals surface area contributed by atoms with E-state index in [1.54, 1.807) is 0 Å². The molecule has 17 heavy (non-hydrogen) atoms. The van der Waals surface area contributed by atoms with Crippen LogP contribution in [0.4, 0.5) is 0 Å². The molecule has 1 heterocycles. The van der Waals surface area contributed by atoms with E-state index in [0.29, 0.717) is 11.7 Å². The highest BCUT2D eigenvalue weighted by Crippen LogP contribution is 2.12. The summed E-state index contributed by atoms with van der Waals surface area (Å²) < 4.78 is 0. The van der Waals surface area contributed by atoms with E-state index in [4.69, 9.17) is 5.73 Å². The molecule has 1 aliphatic rings. The maximum atomic E-state index is 5.55. The minimum atomic E-state index is 0.602. The lowest BCUT2D eigenvalue weighted by molar-refractivity contribution is 0.132. The third kappa shape index (κ3) is 4.27. The summed E-state index contributed by atoms with van der Waals surface area (Å²) in [7, 11) is 0. The number of hydrogen-bond donors (Lipinski definition) is 1. The molecule has 1 fully saturated rings. The lowest BCUT2D eigenvalue weighted by Gasteiger charge is -2.38. The normalized spacial score (nSPS) is 19.3. The van der Waals surface area contributed by atoms with E-state index in [2.05, 4.69) is 43.2 Å². The number of rotatable bonds is 4. The van der Waals surface area contributed by atoms with Gasteiger partial charge in [0.2, 0.25) is 0 Å². The fraction of sp³-hybridized carbons (Fsp3) is 0.571. The maximum absolute atomic E-state index is 5.55. The van der Waals surface area contributed by atoms with Gasteiger partial charge < -0.3 is 10.6 Å². The minimum absolute atomic E-state index is 0.602. The smallest absolute Gasteiger partial charge is 0.0324 e. The van der Waals surface area contributed by atoms with E-state index in [1.807, 2.05) is 12.2 Å². The fourth-order valence-electron chi connectivity index (χ4n) is 2.07. The molecule has 0 aromatic rings. The van der Waals surface area contributed by atoms with Crippen molar-refractivity contribution < 1.29 is 0 Å². The first-order chi connectivity index (χ1) is 8.04. The Morgan fingerprint density at radius 1 is 1.18 bits per heavy atom. The Hall–Kier alpha value is -1.22. The Balaban J connectivity index is 2.54. The molecule has 3 heteroatoms. The van der Waals surface area contributed by atoms with Crippen LogP contribution in [0.5, 0.6) is 0 Å². The molecule has 0 saturated carbocycles. The Bertz CT molecular complexity index is 307. The van der Waals surface area contributed by atoms with Gasteiger partial charge in [0, 0.05) is 43.6 Å². The molecule has 0 radical (unpaired) electrons. The summed E-state index contributed by atoms with van der Waals surface area (Å²) in [5.74, 6) is 0. The van der Waals surface area contributed by atoms with Crippen molar-refractivity contribution >= 4 is 0 Å². The summed E-state index contributed by atoms with van der Waals surface area (Å²) in [6, 6.07) is 0.644. The Labute approximate surface area is 105 Å². The van der Waals surface area contributed by atoms with Gasteiger partial charge in [0.25, 0.3) is 0 Å². The monoisotopic (exact) mass is 235 g/mol. The predicted molar refractivity (Wildman–Crippen MR) is 74.5 cm³/mol. The first-order valence-electron chi connectivity index (χ1n) is 6.32. The van der Waals surface area contributed by atoms with Crippen LogP contribution in [-0.2, 0) is 0 Å². The van der Waals surface area contributed by atoms with Crippen LogP contribution < -0.4 is 5.73 Å². The van der Waals surface area contributed by atoms with E-state index in [-0.39, 0.29) is 0 Å². The van der Waals surface area contributed by atoms with Crippen LogP contribution in [0, 0.1) is 0 Å². The summed E-state index contributed by atoms with van der Waals surface area (Å²) in [4.78, 5) is 4.91. The second-order valence-corrected chi connectivity index (χ2v) is 4.74. The van der Waals surface area contributed by atoms with Crippen LogP contribution in [0.1, 0.15) is 20.8 Å². The molecule has 0 unspecified atom stereocenters. The Morgan fingerprint density at radius 3 is 2.18 bits per heavy atom. The molecule has 0 amide bonds. The fourth-order valence-corrected chi connectivity index (χ4v) is 2.07. The Morgan fingerprint density at radius 2 is 1.76 bits per heavy atom. The maximum Gasteiger partial charge on any atom is 0.0324 e. The van der Waals surface area contributed by atoms with Crippen molar-refractivity contribution in [2.45, 2.75) is 26.8 Å². The molecule has 2 N–H and O–H groups in total. The van der Waals surface area contributed by atoms with Gasteiger partial charge in [0.05, 0.1) is 0 Å². The molecule has 1 rings (SSSR count). The number of nitrogens with zero attached hydrogens (tertiary/aromatic N) is 2. The molecule has 0 atom stereocenters. The molecular weight excluding hydrogens is 210 g/mol. The molecule has 1 aliphatic heterocycles. The lowest BCUT2D eigenvalue weighted by Crippen LogP contribution is -2.48. The van der Waals surface area contributed by atoms with Gasteiger partial charge >= 0.3 is 0 Å².